The van der Waals surface area contributed by atoms with E-state index in [1.165, 1.54) is 17.3 Å². The second kappa shape index (κ2) is 7.91. The van der Waals surface area contributed by atoms with Crippen molar-refractivity contribution in [3.8, 4) is 0 Å². The summed E-state index contributed by atoms with van der Waals surface area (Å²) in [7, 11) is 4.09. The molecule has 1 aliphatic rings. The highest BCUT2D eigenvalue weighted by molar-refractivity contribution is 5.89. The SMILES string of the molecule is Cc1cc(/C=C/C(=O)OC(C)(C)C)c(N2CCOCC2)cc1N(C)C. The number of anilines is 2. The smallest absolute Gasteiger partial charge is 0.331 e. The minimum atomic E-state index is -0.487. The largest absolute Gasteiger partial charge is 0.457 e. The van der Waals surface area contributed by atoms with E-state index in [2.05, 4.69) is 28.9 Å². The second-order valence-corrected chi connectivity index (χ2v) is 7.56. The first-order chi connectivity index (χ1) is 11.7. The van der Waals surface area contributed by atoms with Crippen LogP contribution in [-0.2, 0) is 14.3 Å². The average molecular weight is 346 g/mol. The van der Waals surface area contributed by atoms with E-state index in [1.807, 2.05) is 40.9 Å². The van der Waals surface area contributed by atoms with Gasteiger partial charge in [-0.05, 0) is 57.0 Å². The summed E-state index contributed by atoms with van der Waals surface area (Å²) in [6, 6.07) is 4.32. The first-order valence-corrected chi connectivity index (χ1v) is 8.73. The summed E-state index contributed by atoms with van der Waals surface area (Å²) < 4.78 is 10.8. The van der Waals surface area contributed by atoms with Gasteiger partial charge in [0.25, 0.3) is 0 Å². The molecule has 0 bridgehead atoms. The monoisotopic (exact) mass is 346 g/mol. The number of ether oxygens (including phenoxy) is 2. The first-order valence-electron chi connectivity index (χ1n) is 8.73. The van der Waals surface area contributed by atoms with E-state index in [0.29, 0.717) is 0 Å². The Morgan fingerprint density at radius 3 is 2.44 bits per heavy atom. The van der Waals surface area contributed by atoms with Gasteiger partial charge in [-0.25, -0.2) is 4.79 Å². The second-order valence-electron chi connectivity index (χ2n) is 7.56. The van der Waals surface area contributed by atoms with Crippen molar-refractivity contribution in [1.29, 1.82) is 0 Å². The summed E-state index contributed by atoms with van der Waals surface area (Å²) in [4.78, 5) is 16.5. The van der Waals surface area contributed by atoms with E-state index in [9.17, 15) is 4.79 Å². The van der Waals surface area contributed by atoms with Gasteiger partial charge in [-0.15, -0.1) is 0 Å². The van der Waals surface area contributed by atoms with Crippen molar-refractivity contribution in [2.75, 3.05) is 50.2 Å². The molecule has 0 atom stereocenters. The highest BCUT2D eigenvalue weighted by Crippen LogP contribution is 2.31. The van der Waals surface area contributed by atoms with Crippen molar-refractivity contribution in [3.63, 3.8) is 0 Å². The lowest BCUT2D eigenvalue weighted by Gasteiger charge is -2.31. The van der Waals surface area contributed by atoms with Crippen molar-refractivity contribution >= 4 is 23.4 Å². The van der Waals surface area contributed by atoms with Gasteiger partial charge < -0.3 is 19.3 Å². The van der Waals surface area contributed by atoms with E-state index in [0.717, 1.165) is 37.6 Å². The van der Waals surface area contributed by atoms with E-state index in [1.54, 1.807) is 0 Å². The molecule has 1 aromatic rings. The van der Waals surface area contributed by atoms with Gasteiger partial charge in [-0.1, -0.05) is 0 Å². The molecule has 1 heterocycles. The van der Waals surface area contributed by atoms with Crippen LogP contribution in [0.25, 0.3) is 6.08 Å². The van der Waals surface area contributed by atoms with Crippen LogP contribution in [0.4, 0.5) is 11.4 Å². The Labute approximate surface area is 151 Å². The van der Waals surface area contributed by atoms with Crippen LogP contribution in [0.5, 0.6) is 0 Å². The molecule has 0 aromatic heterocycles. The minimum Gasteiger partial charge on any atom is -0.457 e. The number of hydrogen-bond donors (Lipinski definition) is 0. The minimum absolute atomic E-state index is 0.324. The van der Waals surface area contributed by atoms with Gasteiger partial charge in [0.15, 0.2) is 0 Å². The van der Waals surface area contributed by atoms with Crippen molar-refractivity contribution < 1.29 is 14.3 Å². The molecule has 0 unspecified atom stereocenters. The maximum Gasteiger partial charge on any atom is 0.331 e. The number of hydrogen-bond acceptors (Lipinski definition) is 5. The molecule has 0 radical (unpaired) electrons. The molecule has 1 saturated heterocycles. The third-order valence-corrected chi connectivity index (χ3v) is 3.98. The topological polar surface area (TPSA) is 42.0 Å². The molecule has 5 heteroatoms. The van der Waals surface area contributed by atoms with Crippen LogP contribution >= 0.6 is 0 Å². The van der Waals surface area contributed by atoms with Crippen LogP contribution < -0.4 is 9.80 Å². The Bertz CT molecular complexity index is 639. The lowest BCUT2D eigenvalue weighted by atomic mass is 10.0. The zero-order valence-corrected chi connectivity index (χ0v) is 16.3. The molecule has 5 nitrogen and oxygen atoms in total. The lowest BCUT2D eigenvalue weighted by Crippen LogP contribution is -2.36. The summed E-state index contributed by atoms with van der Waals surface area (Å²) in [5, 5.41) is 0. The molecule has 138 valence electrons. The molecule has 0 N–H and O–H groups in total. The number of benzene rings is 1. The maximum atomic E-state index is 12.0. The van der Waals surface area contributed by atoms with Gasteiger partial charge in [0, 0.05) is 44.6 Å². The van der Waals surface area contributed by atoms with Crippen LogP contribution in [0.2, 0.25) is 0 Å². The number of nitrogens with zero attached hydrogens (tertiary/aromatic N) is 2. The predicted octanol–water partition coefficient (Wildman–Crippen LogP) is 3.25. The zero-order valence-electron chi connectivity index (χ0n) is 16.3. The summed E-state index contributed by atoms with van der Waals surface area (Å²) in [6.07, 6.45) is 3.37. The van der Waals surface area contributed by atoms with Crippen LogP contribution in [0.15, 0.2) is 18.2 Å². The van der Waals surface area contributed by atoms with Crippen molar-refractivity contribution in [3.05, 3.63) is 29.3 Å². The first kappa shape index (κ1) is 19.3. The van der Waals surface area contributed by atoms with Crippen molar-refractivity contribution in [2.24, 2.45) is 0 Å². The number of carbonyl (C=O) groups is 1. The van der Waals surface area contributed by atoms with Crippen LogP contribution in [0, 0.1) is 6.92 Å². The fourth-order valence-electron chi connectivity index (χ4n) is 2.89. The van der Waals surface area contributed by atoms with E-state index >= 15 is 0 Å². The summed E-state index contributed by atoms with van der Waals surface area (Å²) in [6.45, 7) is 10.8. The van der Waals surface area contributed by atoms with Crippen LogP contribution in [0.1, 0.15) is 31.9 Å². The Morgan fingerprint density at radius 2 is 1.88 bits per heavy atom. The molecule has 1 aliphatic heterocycles. The van der Waals surface area contributed by atoms with Gasteiger partial charge in [0.05, 0.1) is 13.2 Å². The number of aryl methyl sites for hydroxylation is 1. The summed E-state index contributed by atoms with van der Waals surface area (Å²) in [5.41, 5.74) is 4.01. The Morgan fingerprint density at radius 1 is 1.24 bits per heavy atom. The maximum absolute atomic E-state index is 12.0. The molecule has 2 rings (SSSR count). The molecular weight excluding hydrogens is 316 g/mol. The van der Waals surface area contributed by atoms with Crippen molar-refractivity contribution in [2.45, 2.75) is 33.3 Å². The van der Waals surface area contributed by atoms with Crippen LogP contribution in [-0.4, -0.2) is 52.0 Å². The van der Waals surface area contributed by atoms with E-state index < -0.39 is 5.60 Å². The number of morpholine rings is 1. The average Bonchev–Trinajstić information content (AvgIpc) is 2.51. The van der Waals surface area contributed by atoms with Gasteiger partial charge in [0.1, 0.15) is 5.60 Å². The Balaban J connectivity index is 2.34. The Kier molecular flexibility index (Phi) is 6.11. The standard InChI is InChI=1S/C20H30N2O3/c1-15-13-16(7-8-19(23)25-20(2,3)4)18(14-17(15)21(5)6)22-9-11-24-12-10-22/h7-8,13-14H,9-12H2,1-6H3/b8-7+. The van der Waals surface area contributed by atoms with Gasteiger partial charge in [0.2, 0.25) is 0 Å². The highest BCUT2D eigenvalue weighted by atomic mass is 16.6. The predicted molar refractivity (Wildman–Crippen MR) is 103 cm³/mol. The summed E-state index contributed by atoms with van der Waals surface area (Å²) >= 11 is 0. The molecule has 0 saturated carbocycles. The van der Waals surface area contributed by atoms with E-state index in [-0.39, 0.29) is 5.97 Å². The molecule has 0 amide bonds. The Hall–Kier alpha value is -2.01. The zero-order chi connectivity index (χ0) is 18.6. The molecule has 1 aromatic carbocycles. The fourth-order valence-corrected chi connectivity index (χ4v) is 2.89. The summed E-state index contributed by atoms with van der Waals surface area (Å²) in [5.74, 6) is -0.324. The van der Waals surface area contributed by atoms with Gasteiger partial charge in [-0.2, -0.15) is 0 Å². The highest BCUT2D eigenvalue weighted by Gasteiger charge is 2.18. The normalized spacial score (nSPS) is 15.5. The number of rotatable bonds is 4. The molecular formula is C20H30N2O3. The molecule has 25 heavy (non-hydrogen) atoms. The third-order valence-electron chi connectivity index (χ3n) is 3.98. The third kappa shape index (κ3) is 5.49. The fraction of sp³-hybridized carbons (Fsp3) is 0.550. The van der Waals surface area contributed by atoms with Crippen molar-refractivity contribution in [1.82, 2.24) is 0 Å². The number of esters is 1. The van der Waals surface area contributed by atoms with E-state index in [4.69, 9.17) is 9.47 Å². The van der Waals surface area contributed by atoms with Crippen LogP contribution in [0.3, 0.4) is 0 Å². The molecule has 0 spiro atoms. The molecule has 1 fully saturated rings. The number of carbonyl (C=O) groups excluding carboxylic acids is 1. The van der Waals surface area contributed by atoms with Gasteiger partial charge in [-0.3, -0.25) is 0 Å². The quantitative estimate of drug-likeness (QED) is 0.618. The van der Waals surface area contributed by atoms with Gasteiger partial charge >= 0.3 is 5.97 Å². The molecule has 0 aliphatic carbocycles. The lowest BCUT2D eigenvalue weighted by molar-refractivity contribution is -0.148.